The maximum absolute atomic E-state index is 12.7. The molecule has 0 unspecified atom stereocenters. The van der Waals surface area contributed by atoms with Gasteiger partial charge in [0.25, 0.3) is 0 Å². The zero-order chi connectivity index (χ0) is 19.3. The van der Waals surface area contributed by atoms with E-state index in [0.29, 0.717) is 0 Å². The Hall–Kier alpha value is -3.18. The van der Waals surface area contributed by atoms with Crippen LogP contribution in [0.2, 0.25) is 0 Å². The number of amides is 1. The van der Waals surface area contributed by atoms with Crippen LogP contribution in [0, 0.1) is 0 Å². The summed E-state index contributed by atoms with van der Waals surface area (Å²) in [5.74, 6) is 0.644. The number of nitrogens with zero attached hydrogens (tertiary/aromatic N) is 2. The number of benzene rings is 3. The molecule has 1 aromatic heterocycles. The fraction of sp³-hybridized carbons (Fsp3) is 0.0435. The molecule has 28 heavy (non-hydrogen) atoms. The fourth-order valence-corrected chi connectivity index (χ4v) is 3.43. The number of fused-ring (bicyclic) bond motifs is 1. The third-order valence-electron chi connectivity index (χ3n) is 4.32. The van der Waals surface area contributed by atoms with E-state index in [9.17, 15) is 4.79 Å². The Morgan fingerprint density at radius 2 is 1.75 bits per heavy atom. The summed E-state index contributed by atoms with van der Waals surface area (Å²) < 4.78 is 2.85. The molecule has 0 aliphatic heterocycles. The summed E-state index contributed by atoms with van der Waals surface area (Å²) in [6.45, 7) is 0.182. The molecule has 0 aliphatic carbocycles. The second-order valence-corrected chi connectivity index (χ2v) is 7.26. The molecule has 3 aromatic carbocycles. The average molecular weight is 432 g/mol. The van der Waals surface area contributed by atoms with Gasteiger partial charge in [-0.1, -0.05) is 70.5 Å². The van der Waals surface area contributed by atoms with Crippen LogP contribution >= 0.6 is 15.9 Å². The average Bonchev–Trinajstić information content (AvgIpc) is 3.05. The van der Waals surface area contributed by atoms with E-state index in [4.69, 9.17) is 4.98 Å². The van der Waals surface area contributed by atoms with Gasteiger partial charge >= 0.3 is 0 Å². The Kier molecular flexibility index (Phi) is 5.35. The standard InChI is InChI=1S/C23H18BrN3O/c24-18-9-6-10-19(15-18)25-23(28)16-27-21-12-5-4-11-20(21)26-22(27)14-13-17-7-2-1-3-8-17/h1-15H,16H2,(H,25,28)/b14-13+. The van der Waals surface area contributed by atoms with Crippen molar-refractivity contribution in [1.29, 1.82) is 0 Å². The first-order valence-corrected chi connectivity index (χ1v) is 9.72. The van der Waals surface area contributed by atoms with Gasteiger partial charge in [-0.05, 0) is 42.0 Å². The highest BCUT2D eigenvalue weighted by molar-refractivity contribution is 9.10. The highest BCUT2D eigenvalue weighted by Crippen LogP contribution is 2.19. The number of aromatic nitrogens is 2. The molecule has 0 fully saturated rings. The van der Waals surface area contributed by atoms with Crippen molar-refractivity contribution in [2.24, 2.45) is 0 Å². The van der Waals surface area contributed by atoms with Gasteiger partial charge in [0, 0.05) is 10.2 Å². The number of imidazole rings is 1. The van der Waals surface area contributed by atoms with Crippen molar-refractivity contribution in [3.63, 3.8) is 0 Å². The molecule has 4 nitrogen and oxygen atoms in total. The molecule has 1 N–H and O–H groups in total. The van der Waals surface area contributed by atoms with Gasteiger partial charge in [-0.15, -0.1) is 0 Å². The highest BCUT2D eigenvalue weighted by atomic mass is 79.9. The second-order valence-electron chi connectivity index (χ2n) is 6.35. The van der Waals surface area contributed by atoms with Gasteiger partial charge in [-0.25, -0.2) is 4.98 Å². The number of halogens is 1. The lowest BCUT2D eigenvalue weighted by Crippen LogP contribution is -2.19. The summed E-state index contributed by atoms with van der Waals surface area (Å²) in [7, 11) is 0. The molecule has 0 atom stereocenters. The van der Waals surface area contributed by atoms with Crippen LogP contribution in [0.4, 0.5) is 5.69 Å². The smallest absolute Gasteiger partial charge is 0.244 e. The van der Waals surface area contributed by atoms with Crippen LogP contribution in [-0.4, -0.2) is 15.5 Å². The van der Waals surface area contributed by atoms with Gasteiger partial charge in [0.05, 0.1) is 11.0 Å². The number of nitrogens with one attached hydrogen (secondary N) is 1. The van der Waals surface area contributed by atoms with E-state index < -0.39 is 0 Å². The molecule has 5 heteroatoms. The fourth-order valence-electron chi connectivity index (χ4n) is 3.03. The topological polar surface area (TPSA) is 46.9 Å². The monoisotopic (exact) mass is 431 g/mol. The van der Waals surface area contributed by atoms with E-state index in [2.05, 4.69) is 21.2 Å². The zero-order valence-corrected chi connectivity index (χ0v) is 16.6. The number of rotatable bonds is 5. The van der Waals surface area contributed by atoms with E-state index in [1.165, 1.54) is 0 Å². The van der Waals surface area contributed by atoms with Crippen LogP contribution in [0.25, 0.3) is 23.2 Å². The Balaban J connectivity index is 1.63. The van der Waals surface area contributed by atoms with Crippen molar-refractivity contribution in [1.82, 2.24) is 9.55 Å². The number of para-hydroxylation sites is 2. The summed E-state index contributed by atoms with van der Waals surface area (Å²) in [4.78, 5) is 17.4. The molecule has 4 rings (SSSR count). The maximum Gasteiger partial charge on any atom is 0.244 e. The first-order chi connectivity index (χ1) is 13.7. The van der Waals surface area contributed by atoms with E-state index >= 15 is 0 Å². The summed E-state index contributed by atoms with van der Waals surface area (Å²) in [5.41, 5.74) is 3.63. The summed E-state index contributed by atoms with van der Waals surface area (Å²) in [5, 5.41) is 2.95. The molecule has 138 valence electrons. The molecule has 4 aromatic rings. The maximum atomic E-state index is 12.7. The quantitative estimate of drug-likeness (QED) is 0.446. The first kappa shape index (κ1) is 18.2. The number of carbonyl (C=O) groups is 1. The lowest BCUT2D eigenvalue weighted by Gasteiger charge is -2.09. The molecule has 0 radical (unpaired) electrons. The molecule has 0 saturated heterocycles. The number of anilines is 1. The van der Waals surface area contributed by atoms with Gasteiger partial charge in [0.1, 0.15) is 12.4 Å². The Bertz CT molecular complexity index is 1150. The molecule has 0 saturated carbocycles. The molecule has 1 heterocycles. The molecule has 0 spiro atoms. The predicted octanol–water partition coefficient (Wildman–Crippen LogP) is 5.61. The minimum atomic E-state index is -0.101. The van der Waals surface area contributed by atoms with Crippen molar-refractivity contribution in [3.8, 4) is 0 Å². The summed E-state index contributed by atoms with van der Waals surface area (Å²) in [6.07, 6.45) is 3.95. The van der Waals surface area contributed by atoms with Gasteiger partial charge in [0.2, 0.25) is 5.91 Å². The van der Waals surface area contributed by atoms with E-state index in [0.717, 1.165) is 32.6 Å². The summed E-state index contributed by atoms with van der Waals surface area (Å²) in [6, 6.07) is 25.4. The van der Waals surface area contributed by atoms with Crippen LogP contribution in [-0.2, 0) is 11.3 Å². The molecule has 0 bridgehead atoms. The van der Waals surface area contributed by atoms with E-state index in [1.807, 2.05) is 95.6 Å². The first-order valence-electron chi connectivity index (χ1n) is 8.93. The van der Waals surface area contributed by atoms with Crippen molar-refractivity contribution < 1.29 is 4.79 Å². The van der Waals surface area contributed by atoms with Crippen LogP contribution < -0.4 is 5.32 Å². The van der Waals surface area contributed by atoms with Crippen LogP contribution in [0.1, 0.15) is 11.4 Å². The van der Waals surface area contributed by atoms with Crippen molar-refractivity contribution in [3.05, 3.63) is 94.7 Å². The molecular weight excluding hydrogens is 414 g/mol. The molecule has 1 amide bonds. The molecule has 0 aliphatic rings. The van der Waals surface area contributed by atoms with Crippen molar-refractivity contribution in [2.45, 2.75) is 6.54 Å². The Labute approximate surface area is 171 Å². The highest BCUT2D eigenvalue weighted by Gasteiger charge is 2.12. The van der Waals surface area contributed by atoms with Crippen molar-refractivity contribution in [2.75, 3.05) is 5.32 Å². The normalized spacial score (nSPS) is 11.2. The second kappa shape index (κ2) is 8.23. The SMILES string of the molecule is O=C(Cn1c(/C=C/c2ccccc2)nc2ccccc21)Nc1cccc(Br)c1. The van der Waals surface area contributed by atoms with Gasteiger partial charge < -0.3 is 9.88 Å². The lowest BCUT2D eigenvalue weighted by atomic mass is 10.2. The van der Waals surface area contributed by atoms with E-state index in [-0.39, 0.29) is 12.5 Å². The Morgan fingerprint density at radius 1 is 0.964 bits per heavy atom. The van der Waals surface area contributed by atoms with E-state index in [1.54, 1.807) is 0 Å². The van der Waals surface area contributed by atoms with Crippen LogP contribution in [0.15, 0.2) is 83.3 Å². The van der Waals surface area contributed by atoms with Gasteiger partial charge in [-0.3, -0.25) is 4.79 Å². The summed E-state index contributed by atoms with van der Waals surface area (Å²) >= 11 is 3.42. The van der Waals surface area contributed by atoms with Gasteiger partial charge in [-0.2, -0.15) is 0 Å². The minimum absolute atomic E-state index is 0.101. The minimum Gasteiger partial charge on any atom is -0.324 e. The number of hydrogen-bond donors (Lipinski definition) is 1. The number of carbonyl (C=O) groups excluding carboxylic acids is 1. The Morgan fingerprint density at radius 3 is 2.57 bits per heavy atom. The largest absolute Gasteiger partial charge is 0.324 e. The van der Waals surface area contributed by atoms with Gasteiger partial charge in [0.15, 0.2) is 0 Å². The lowest BCUT2D eigenvalue weighted by molar-refractivity contribution is -0.116. The van der Waals surface area contributed by atoms with Crippen LogP contribution in [0.5, 0.6) is 0 Å². The third kappa shape index (κ3) is 4.21. The third-order valence-corrected chi connectivity index (χ3v) is 4.81. The number of hydrogen-bond acceptors (Lipinski definition) is 2. The van der Waals surface area contributed by atoms with Crippen molar-refractivity contribution >= 4 is 50.7 Å². The van der Waals surface area contributed by atoms with Crippen LogP contribution in [0.3, 0.4) is 0 Å². The molecular formula is C23H18BrN3O. The predicted molar refractivity (Wildman–Crippen MR) is 118 cm³/mol. The zero-order valence-electron chi connectivity index (χ0n) is 15.0.